The van der Waals surface area contributed by atoms with Gasteiger partial charge in [0.2, 0.25) is 0 Å². The van der Waals surface area contributed by atoms with Crippen LogP contribution in [0.1, 0.15) is 36.7 Å². The van der Waals surface area contributed by atoms with Crippen molar-refractivity contribution < 1.29 is 0 Å². The van der Waals surface area contributed by atoms with E-state index in [1.165, 1.54) is 17.0 Å². The Morgan fingerprint density at radius 3 is 2.77 bits per heavy atom. The van der Waals surface area contributed by atoms with Gasteiger partial charge in [-0.05, 0) is 24.6 Å². The predicted molar refractivity (Wildman–Crippen MR) is 53.5 cm³/mol. The minimum Gasteiger partial charge on any atom is -0.296 e. The van der Waals surface area contributed by atoms with Crippen molar-refractivity contribution >= 4 is 0 Å². The predicted octanol–water partition coefficient (Wildman–Crippen LogP) is 2.15. The van der Waals surface area contributed by atoms with E-state index < -0.39 is 0 Å². The molecule has 0 aromatic carbocycles. The summed E-state index contributed by atoms with van der Waals surface area (Å²) in [5.74, 6) is 0.538. The average Bonchev–Trinajstić information content (AvgIpc) is 2.42. The fourth-order valence-corrected chi connectivity index (χ4v) is 1.75. The molecule has 0 unspecified atom stereocenters. The third-order valence-corrected chi connectivity index (χ3v) is 2.54. The van der Waals surface area contributed by atoms with Crippen molar-refractivity contribution in [2.75, 3.05) is 7.05 Å². The standard InChI is InChI=1S/C11H16N2/c1-8(2)10-5-4-9-6-13(3)7-11(9)12-10/h4-5,8H,6-7H2,1-3H3. The van der Waals surface area contributed by atoms with E-state index in [9.17, 15) is 0 Å². The molecule has 2 nitrogen and oxygen atoms in total. The summed E-state index contributed by atoms with van der Waals surface area (Å²) in [6.45, 7) is 6.44. The Hall–Kier alpha value is -0.890. The lowest BCUT2D eigenvalue weighted by atomic mass is 10.1. The summed E-state index contributed by atoms with van der Waals surface area (Å²) in [5.41, 5.74) is 3.88. The lowest BCUT2D eigenvalue weighted by molar-refractivity contribution is 0.351. The molecule has 13 heavy (non-hydrogen) atoms. The Balaban J connectivity index is 2.35. The maximum atomic E-state index is 4.66. The summed E-state index contributed by atoms with van der Waals surface area (Å²) < 4.78 is 0. The summed E-state index contributed by atoms with van der Waals surface area (Å²) in [4.78, 5) is 6.95. The molecule has 1 aliphatic heterocycles. The fourth-order valence-electron chi connectivity index (χ4n) is 1.75. The molecule has 0 N–H and O–H groups in total. The molecule has 1 aromatic heterocycles. The van der Waals surface area contributed by atoms with Crippen LogP contribution in [0, 0.1) is 0 Å². The molecule has 0 spiro atoms. The summed E-state index contributed by atoms with van der Waals surface area (Å²) in [7, 11) is 2.14. The van der Waals surface area contributed by atoms with Gasteiger partial charge in [-0.25, -0.2) is 0 Å². The summed E-state index contributed by atoms with van der Waals surface area (Å²) in [6, 6.07) is 4.38. The van der Waals surface area contributed by atoms with Gasteiger partial charge in [0.1, 0.15) is 0 Å². The average molecular weight is 176 g/mol. The van der Waals surface area contributed by atoms with Crippen LogP contribution in [0.2, 0.25) is 0 Å². The van der Waals surface area contributed by atoms with Crippen molar-refractivity contribution in [3.63, 3.8) is 0 Å². The van der Waals surface area contributed by atoms with Crippen LogP contribution in [0.4, 0.5) is 0 Å². The zero-order valence-electron chi connectivity index (χ0n) is 8.54. The second-order valence-corrected chi connectivity index (χ2v) is 4.17. The van der Waals surface area contributed by atoms with E-state index in [1.807, 2.05) is 0 Å². The van der Waals surface area contributed by atoms with Gasteiger partial charge in [-0.15, -0.1) is 0 Å². The van der Waals surface area contributed by atoms with Crippen LogP contribution in [0.3, 0.4) is 0 Å². The van der Waals surface area contributed by atoms with Crippen LogP contribution in [-0.2, 0) is 13.1 Å². The van der Waals surface area contributed by atoms with Crippen LogP contribution in [0.25, 0.3) is 0 Å². The highest BCUT2D eigenvalue weighted by Crippen LogP contribution is 2.22. The highest BCUT2D eigenvalue weighted by Gasteiger charge is 2.17. The molecule has 0 radical (unpaired) electrons. The molecular formula is C11H16N2. The Morgan fingerprint density at radius 2 is 2.08 bits per heavy atom. The van der Waals surface area contributed by atoms with E-state index in [0.717, 1.165) is 13.1 Å². The molecule has 0 atom stereocenters. The van der Waals surface area contributed by atoms with Gasteiger partial charge in [-0.3, -0.25) is 9.88 Å². The van der Waals surface area contributed by atoms with Crippen molar-refractivity contribution in [1.82, 2.24) is 9.88 Å². The van der Waals surface area contributed by atoms with Gasteiger partial charge in [-0.2, -0.15) is 0 Å². The van der Waals surface area contributed by atoms with Gasteiger partial charge in [0, 0.05) is 18.8 Å². The molecule has 1 aromatic rings. The van der Waals surface area contributed by atoms with Crippen LogP contribution in [-0.4, -0.2) is 16.9 Å². The van der Waals surface area contributed by atoms with Gasteiger partial charge in [-0.1, -0.05) is 19.9 Å². The van der Waals surface area contributed by atoms with E-state index in [4.69, 9.17) is 0 Å². The molecule has 0 aliphatic carbocycles. The first-order valence-corrected chi connectivity index (χ1v) is 4.84. The monoisotopic (exact) mass is 176 g/mol. The zero-order valence-corrected chi connectivity index (χ0v) is 8.54. The van der Waals surface area contributed by atoms with E-state index in [2.05, 4.69) is 42.9 Å². The van der Waals surface area contributed by atoms with Crippen LogP contribution in [0.5, 0.6) is 0 Å². The second kappa shape index (κ2) is 3.11. The van der Waals surface area contributed by atoms with Crippen molar-refractivity contribution in [3.05, 3.63) is 29.1 Å². The molecule has 0 fully saturated rings. The molecule has 2 heterocycles. The number of pyridine rings is 1. The number of nitrogens with zero attached hydrogens (tertiary/aromatic N) is 2. The van der Waals surface area contributed by atoms with Crippen LogP contribution in [0.15, 0.2) is 12.1 Å². The topological polar surface area (TPSA) is 16.1 Å². The van der Waals surface area contributed by atoms with Crippen molar-refractivity contribution in [3.8, 4) is 0 Å². The lowest BCUT2D eigenvalue weighted by Gasteiger charge is -2.05. The van der Waals surface area contributed by atoms with E-state index in [1.54, 1.807) is 0 Å². The quantitative estimate of drug-likeness (QED) is 0.651. The largest absolute Gasteiger partial charge is 0.296 e. The number of hydrogen-bond acceptors (Lipinski definition) is 2. The first-order chi connectivity index (χ1) is 6.16. The summed E-state index contributed by atoms with van der Waals surface area (Å²) in [6.07, 6.45) is 0. The SMILES string of the molecule is CC(C)c1ccc2c(n1)CN(C)C2. The fraction of sp³-hybridized carbons (Fsp3) is 0.545. The van der Waals surface area contributed by atoms with Gasteiger partial charge >= 0.3 is 0 Å². The Kier molecular flexibility index (Phi) is 2.08. The van der Waals surface area contributed by atoms with Crippen molar-refractivity contribution in [2.24, 2.45) is 0 Å². The van der Waals surface area contributed by atoms with E-state index >= 15 is 0 Å². The zero-order chi connectivity index (χ0) is 9.42. The third-order valence-electron chi connectivity index (χ3n) is 2.54. The Labute approximate surface area is 79.6 Å². The molecule has 1 aliphatic rings. The van der Waals surface area contributed by atoms with Gasteiger partial charge in [0.25, 0.3) is 0 Å². The van der Waals surface area contributed by atoms with Crippen molar-refractivity contribution in [1.29, 1.82) is 0 Å². The molecule has 0 amide bonds. The lowest BCUT2D eigenvalue weighted by Crippen LogP contribution is -2.07. The Morgan fingerprint density at radius 1 is 1.31 bits per heavy atom. The normalized spacial score (nSPS) is 16.6. The second-order valence-electron chi connectivity index (χ2n) is 4.17. The Bertz CT molecular complexity index is 318. The minimum atomic E-state index is 0.538. The molecule has 0 saturated heterocycles. The maximum Gasteiger partial charge on any atom is 0.0592 e. The van der Waals surface area contributed by atoms with Crippen LogP contribution >= 0.6 is 0 Å². The molecule has 0 bridgehead atoms. The number of rotatable bonds is 1. The molecule has 70 valence electrons. The van der Waals surface area contributed by atoms with Gasteiger partial charge in [0.05, 0.1) is 5.69 Å². The van der Waals surface area contributed by atoms with Crippen LogP contribution < -0.4 is 0 Å². The smallest absolute Gasteiger partial charge is 0.0592 e. The molecule has 0 saturated carbocycles. The van der Waals surface area contributed by atoms with Gasteiger partial charge < -0.3 is 0 Å². The summed E-state index contributed by atoms with van der Waals surface area (Å²) in [5, 5.41) is 0. The maximum absolute atomic E-state index is 4.66. The number of fused-ring (bicyclic) bond motifs is 1. The minimum absolute atomic E-state index is 0.538. The molecular weight excluding hydrogens is 160 g/mol. The number of hydrogen-bond donors (Lipinski definition) is 0. The molecule has 2 rings (SSSR count). The van der Waals surface area contributed by atoms with Gasteiger partial charge in [0.15, 0.2) is 0 Å². The highest BCUT2D eigenvalue weighted by atomic mass is 15.1. The van der Waals surface area contributed by atoms with E-state index in [0.29, 0.717) is 5.92 Å². The van der Waals surface area contributed by atoms with E-state index in [-0.39, 0.29) is 0 Å². The number of aromatic nitrogens is 1. The first-order valence-electron chi connectivity index (χ1n) is 4.84. The third kappa shape index (κ3) is 1.59. The highest BCUT2D eigenvalue weighted by molar-refractivity contribution is 5.27. The first kappa shape index (κ1) is 8.70. The van der Waals surface area contributed by atoms with Crippen molar-refractivity contribution in [2.45, 2.75) is 32.9 Å². The molecule has 2 heteroatoms. The summed E-state index contributed by atoms with van der Waals surface area (Å²) >= 11 is 0.